The number of guanidine groups is 1. The van der Waals surface area contributed by atoms with Crippen LogP contribution in [0, 0.1) is 12.8 Å². The minimum absolute atomic E-state index is 0.00589. The Morgan fingerprint density at radius 2 is 1.70 bits per heavy atom. The van der Waals surface area contributed by atoms with Gasteiger partial charge in [-0.2, -0.15) is 0 Å². The summed E-state index contributed by atoms with van der Waals surface area (Å²) in [4.78, 5) is 15.5. The molecular formula is C17H28N4O2. The van der Waals surface area contributed by atoms with Crippen molar-refractivity contribution < 1.29 is 9.53 Å². The number of ether oxygens (including phenoxy) is 1. The number of carbonyl (C=O) groups is 1. The number of amides is 1. The number of carbonyl (C=O) groups excluding carboxylic acids is 1. The van der Waals surface area contributed by atoms with Crippen LogP contribution in [0.2, 0.25) is 0 Å². The van der Waals surface area contributed by atoms with Crippen LogP contribution in [-0.4, -0.2) is 45.2 Å². The molecule has 1 amide bonds. The molecule has 128 valence electrons. The minimum Gasteiger partial charge on any atom is -0.492 e. The number of hydrogen-bond donors (Lipinski definition) is 3. The lowest BCUT2D eigenvalue weighted by Crippen LogP contribution is -2.43. The molecular weight excluding hydrogens is 292 g/mol. The molecule has 3 N–H and O–H groups in total. The van der Waals surface area contributed by atoms with Crippen LogP contribution in [0.3, 0.4) is 0 Å². The molecule has 0 saturated carbocycles. The number of benzene rings is 1. The summed E-state index contributed by atoms with van der Waals surface area (Å²) in [6, 6.07) is 7.96. The fraction of sp³-hybridized carbons (Fsp3) is 0.529. The van der Waals surface area contributed by atoms with E-state index in [1.807, 2.05) is 45.0 Å². The van der Waals surface area contributed by atoms with Crippen LogP contribution < -0.4 is 20.7 Å². The molecule has 0 aromatic heterocycles. The van der Waals surface area contributed by atoms with Crippen LogP contribution in [-0.2, 0) is 4.79 Å². The maximum absolute atomic E-state index is 11.4. The zero-order valence-electron chi connectivity index (χ0n) is 14.5. The van der Waals surface area contributed by atoms with Crippen molar-refractivity contribution in [2.45, 2.75) is 20.8 Å². The standard InChI is InChI=1S/C17H28N4O2/c1-13(2)16(22)19-9-10-20-17(18-4)21-11-12-23-15-7-5-14(3)6-8-15/h5-8,13H,9-12H2,1-4H3,(H,19,22)(H2,18,20,21). The third-order valence-electron chi connectivity index (χ3n) is 3.15. The molecule has 6 nitrogen and oxygen atoms in total. The monoisotopic (exact) mass is 320 g/mol. The number of nitrogens with zero attached hydrogens (tertiary/aromatic N) is 1. The summed E-state index contributed by atoms with van der Waals surface area (Å²) in [7, 11) is 1.71. The van der Waals surface area contributed by atoms with E-state index in [0.717, 1.165) is 5.75 Å². The molecule has 0 bridgehead atoms. The van der Waals surface area contributed by atoms with E-state index in [2.05, 4.69) is 20.9 Å². The van der Waals surface area contributed by atoms with Gasteiger partial charge in [0.05, 0.1) is 6.54 Å². The van der Waals surface area contributed by atoms with E-state index in [1.165, 1.54) is 5.56 Å². The van der Waals surface area contributed by atoms with E-state index >= 15 is 0 Å². The first-order valence-electron chi connectivity index (χ1n) is 7.94. The normalized spacial score (nSPS) is 11.3. The number of rotatable bonds is 8. The molecule has 0 unspecified atom stereocenters. The van der Waals surface area contributed by atoms with Gasteiger partial charge in [0.2, 0.25) is 5.91 Å². The summed E-state index contributed by atoms with van der Waals surface area (Å²) in [5.74, 6) is 1.61. The molecule has 0 fully saturated rings. The van der Waals surface area contributed by atoms with Crippen molar-refractivity contribution >= 4 is 11.9 Å². The Morgan fingerprint density at radius 3 is 2.30 bits per heavy atom. The molecule has 0 atom stereocenters. The highest BCUT2D eigenvalue weighted by atomic mass is 16.5. The van der Waals surface area contributed by atoms with Gasteiger partial charge in [0.15, 0.2) is 5.96 Å². The van der Waals surface area contributed by atoms with E-state index in [0.29, 0.717) is 32.2 Å². The van der Waals surface area contributed by atoms with Gasteiger partial charge in [0, 0.05) is 26.1 Å². The average Bonchev–Trinajstić information content (AvgIpc) is 2.54. The molecule has 0 aliphatic carbocycles. The lowest BCUT2D eigenvalue weighted by atomic mass is 10.2. The van der Waals surface area contributed by atoms with Crippen molar-refractivity contribution in [3.63, 3.8) is 0 Å². The third-order valence-corrected chi connectivity index (χ3v) is 3.15. The van der Waals surface area contributed by atoms with Crippen molar-refractivity contribution in [1.29, 1.82) is 0 Å². The van der Waals surface area contributed by atoms with Gasteiger partial charge >= 0.3 is 0 Å². The lowest BCUT2D eigenvalue weighted by molar-refractivity contribution is -0.123. The molecule has 1 rings (SSSR count). The fourth-order valence-corrected chi connectivity index (χ4v) is 1.76. The van der Waals surface area contributed by atoms with Gasteiger partial charge in [-0.15, -0.1) is 0 Å². The highest BCUT2D eigenvalue weighted by Gasteiger charge is 2.05. The first-order valence-corrected chi connectivity index (χ1v) is 7.94. The van der Waals surface area contributed by atoms with Gasteiger partial charge in [-0.3, -0.25) is 9.79 Å². The second-order valence-electron chi connectivity index (χ2n) is 5.53. The van der Waals surface area contributed by atoms with E-state index in [-0.39, 0.29) is 11.8 Å². The average molecular weight is 320 g/mol. The van der Waals surface area contributed by atoms with Crippen molar-refractivity contribution in [1.82, 2.24) is 16.0 Å². The van der Waals surface area contributed by atoms with Gasteiger partial charge in [-0.1, -0.05) is 31.5 Å². The van der Waals surface area contributed by atoms with E-state index in [1.54, 1.807) is 7.05 Å². The summed E-state index contributed by atoms with van der Waals surface area (Å²) >= 11 is 0. The molecule has 1 aromatic carbocycles. The SMILES string of the molecule is CN=C(NCCNC(=O)C(C)C)NCCOc1ccc(C)cc1. The highest BCUT2D eigenvalue weighted by molar-refractivity contribution is 5.80. The fourth-order valence-electron chi connectivity index (χ4n) is 1.76. The molecule has 0 aliphatic rings. The first-order chi connectivity index (χ1) is 11.0. The topological polar surface area (TPSA) is 74.8 Å². The van der Waals surface area contributed by atoms with Gasteiger partial charge in [-0.05, 0) is 19.1 Å². The van der Waals surface area contributed by atoms with Crippen molar-refractivity contribution in [2.24, 2.45) is 10.9 Å². The number of aliphatic imine (C=N–C) groups is 1. The van der Waals surface area contributed by atoms with Crippen molar-refractivity contribution in [3.05, 3.63) is 29.8 Å². The Bertz CT molecular complexity index is 498. The highest BCUT2D eigenvalue weighted by Crippen LogP contribution is 2.10. The van der Waals surface area contributed by atoms with Crippen molar-refractivity contribution in [3.8, 4) is 5.75 Å². The van der Waals surface area contributed by atoms with E-state index in [9.17, 15) is 4.79 Å². The lowest BCUT2D eigenvalue weighted by Gasteiger charge is -2.13. The molecule has 0 radical (unpaired) electrons. The largest absolute Gasteiger partial charge is 0.492 e. The predicted molar refractivity (Wildman–Crippen MR) is 93.9 cm³/mol. The molecule has 0 aliphatic heterocycles. The van der Waals surface area contributed by atoms with Crippen molar-refractivity contribution in [2.75, 3.05) is 33.3 Å². The van der Waals surface area contributed by atoms with Crippen LogP contribution in [0.1, 0.15) is 19.4 Å². The van der Waals surface area contributed by atoms with Crippen LogP contribution in [0.25, 0.3) is 0 Å². The summed E-state index contributed by atoms with van der Waals surface area (Å²) < 4.78 is 5.64. The minimum atomic E-state index is 0.00589. The number of nitrogens with one attached hydrogen (secondary N) is 3. The van der Waals surface area contributed by atoms with Crippen LogP contribution in [0.15, 0.2) is 29.3 Å². The van der Waals surface area contributed by atoms with Crippen LogP contribution >= 0.6 is 0 Å². The summed E-state index contributed by atoms with van der Waals surface area (Å²) in [6.45, 7) is 8.17. The Labute approximate surface area is 138 Å². The summed E-state index contributed by atoms with van der Waals surface area (Å²) in [5.41, 5.74) is 1.21. The Kier molecular flexibility index (Phi) is 8.57. The van der Waals surface area contributed by atoms with Gasteiger partial charge in [0.25, 0.3) is 0 Å². The molecule has 23 heavy (non-hydrogen) atoms. The van der Waals surface area contributed by atoms with Gasteiger partial charge in [-0.25, -0.2) is 0 Å². The molecule has 0 heterocycles. The maximum atomic E-state index is 11.4. The molecule has 0 spiro atoms. The predicted octanol–water partition coefficient (Wildman–Crippen LogP) is 1.31. The zero-order valence-corrected chi connectivity index (χ0v) is 14.5. The Balaban J connectivity index is 2.14. The van der Waals surface area contributed by atoms with Gasteiger partial charge < -0.3 is 20.7 Å². The summed E-state index contributed by atoms with van der Waals surface area (Å²) in [5, 5.41) is 9.15. The molecule has 0 saturated heterocycles. The Hall–Kier alpha value is -2.24. The first kappa shape index (κ1) is 18.8. The summed E-state index contributed by atoms with van der Waals surface area (Å²) in [6.07, 6.45) is 0. The number of hydrogen-bond acceptors (Lipinski definition) is 3. The van der Waals surface area contributed by atoms with E-state index < -0.39 is 0 Å². The maximum Gasteiger partial charge on any atom is 0.222 e. The second-order valence-corrected chi connectivity index (χ2v) is 5.53. The van der Waals surface area contributed by atoms with Crippen LogP contribution in [0.5, 0.6) is 5.75 Å². The quantitative estimate of drug-likeness (QED) is 0.383. The molecule has 1 aromatic rings. The van der Waals surface area contributed by atoms with E-state index in [4.69, 9.17) is 4.74 Å². The second kappa shape index (κ2) is 10.5. The Morgan fingerprint density at radius 1 is 1.09 bits per heavy atom. The van der Waals surface area contributed by atoms with Gasteiger partial charge in [0.1, 0.15) is 12.4 Å². The molecule has 6 heteroatoms. The zero-order chi connectivity index (χ0) is 17.1. The van der Waals surface area contributed by atoms with Crippen LogP contribution in [0.4, 0.5) is 0 Å². The third kappa shape index (κ3) is 8.09. The number of aryl methyl sites for hydroxylation is 1. The smallest absolute Gasteiger partial charge is 0.222 e.